The number of anilines is 1. The van der Waals surface area contributed by atoms with Crippen LogP contribution in [0.3, 0.4) is 0 Å². The number of nitrogens with one attached hydrogen (secondary N) is 1. The van der Waals surface area contributed by atoms with E-state index < -0.39 is 21.2 Å². The van der Waals surface area contributed by atoms with Gasteiger partial charge in [0.25, 0.3) is 5.69 Å². The molecule has 1 aromatic heterocycles. The Morgan fingerprint density at radius 1 is 1.11 bits per heavy atom. The highest BCUT2D eigenvalue weighted by molar-refractivity contribution is 5.81. The molecular weight excluding hydrogens is 484 g/mol. The Hall–Kier alpha value is -5.09. The van der Waals surface area contributed by atoms with Gasteiger partial charge in [-0.15, -0.1) is 0 Å². The van der Waals surface area contributed by atoms with Crippen molar-refractivity contribution in [3.8, 4) is 23.3 Å². The Morgan fingerprint density at radius 3 is 2.51 bits per heavy atom. The molecule has 13 heteroatoms. The van der Waals surface area contributed by atoms with E-state index in [1.807, 2.05) is 0 Å². The predicted octanol–water partition coefficient (Wildman–Crippen LogP) is 4.86. The second kappa shape index (κ2) is 12.0. The minimum Gasteiger partial charge on any atom is -0.490 e. The standard InChI is InChI=1S/C24H22N6O7/c1-4-36-23-10-16(13-26-28-24-19(12-25)17(14-35-3)9-15(2)27-24)5-7-22(23)37-21-8-6-18(29(31)32)11-20(21)30(33)34/h5-11,13H,4,14H2,1-3H3,(H,27,28)/b26-13+. The lowest BCUT2D eigenvalue weighted by atomic mass is 10.1. The molecule has 3 rings (SSSR count). The molecular formula is C24H22N6O7. The van der Waals surface area contributed by atoms with E-state index in [0.29, 0.717) is 22.4 Å². The van der Waals surface area contributed by atoms with Gasteiger partial charge in [0.2, 0.25) is 5.75 Å². The Kier molecular flexibility index (Phi) is 8.63. The summed E-state index contributed by atoms with van der Waals surface area (Å²) in [6.07, 6.45) is 1.47. The highest BCUT2D eigenvalue weighted by Crippen LogP contribution is 2.38. The van der Waals surface area contributed by atoms with E-state index >= 15 is 0 Å². The molecule has 2 aromatic carbocycles. The molecule has 0 spiro atoms. The van der Waals surface area contributed by atoms with Crippen LogP contribution >= 0.6 is 0 Å². The molecule has 0 amide bonds. The van der Waals surface area contributed by atoms with Gasteiger partial charge in [-0.1, -0.05) is 0 Å². The topological polar surface area (TPSA) is 175 Å². The number of aromatic nitrogens is 1. The molecule has 0 aliphatic heterocycles. The van der Waals surface area contributed by atoms with Gasteiger partial charge < -0.3 is 14.2 Å². The molecule has 0 saturated carbocycles. The number of nitro groups is 2. The monoisotopic (exact) mass is 506 g/mol. The van der Waals surface area contributed by atoms with Gasteiger partial charge in [-0.25, -0.2) is 4.98 Å². The number of benzene rings is 2. The number of methoxy groups -OCH3 is 1. The molecule has 3 aromatic rings. The highest BCUT2D eigenvalue weighted by atomic mass is 16.6. The minimum absolute atomic E-state index is 0.167. The van der Waals surface area contributed by atoms with E-state index in [1.165, 1.54) is 19.4 Å². The van der Waals surface area contributed by atoms with Gasteiger partial charge in [-0.05, 0) is 49.7 Å². The summed E-state index contributed by atoms with van der Waals surface area (Å²) in [6, 6.07) is 11.7. The molecule has 0 atom stereocenters. The van der Waals surface area contributed by atoms with Crippen LogP contribution < -0.4 is 14.9 Å². The zero-order valence-electron chi connectivity index (χ0n) is 20.1. The van der Waals surface area contributed by atoms with Gasteiger partial charge in [0.05, 0.1) is 35.3 Å². The van der Waals surface area contributed by atoms with Crippen LogP contribution in [0.25, 0.3) is 0 Å². The Balaban J connectivity index is 1.87. The lowest BCUT2D eigenvalue weighted by Crippen LogP contribution is -2.03. The van der Waals surface area contributed by atoms with Crippen molar-refractivity contribution >= 4 is 23.4 Å². The van der Waals surface area contributed by atoms with Crippen molar-refractivity contribution in [1.82, 2.24) is 4.98 Å². The molecule has 0 fully saturated rings. The quantitative estimate of drug-likeness (QED) is 0.215. The zero-order chi connectivity index (χ0) is 26.9. The maximum atomic E-state index is 11.4. The second-order valence-electron chi connectivity index (χ2n) is 7.47. The smallest absolute Gasteiger partial charge is 0.318 e. The molecule has 0 aliphatic rings. The fourth-order valence-electron chi connectivity index (χ4n) is 3.31. The van der Waals surface area contributed by atoms with Gasteiger partial charge >= 0.3 is 5.69 Å². The summed E-state index contributed by atoms with van der Waals surface area (Å²) in [5.41, 5.74) is 4.04. The number of hydrogen-bond acceptors (Lipinski definition) is 11. The number of rotatable bonds is 11. The van der Waals surface area contributed by atoms with Crippen molar-refractivity contribution in [1.29, 1.82) is 5.26 Å². The normalized spacial score (nSPS) is 10.6. The number of ether oxygens (including phenoxy) is 3. The Morgan fingerprint density at radius 2 is 1.86 bits per heavy atom. The molecule has 1 N–H and O–H groups in total. The lowest BCUT2D eigenvalue weighted by Gasteiger charge is -2.12. The highest BCUT2D eigenvalue weighted by Gasteiger charge is 2.22. The number of nitro benzene ring substituents is 2. The number of aryl methyl sites for hydroxylation is 1. The van der Waals surface area contributed by atoms with Crippen molar-refractivity contribution < 1.29 is 24.1 Å². The SMILES string of the molecule is CCOc1cc(/C=N/Nc2nc(C)cc(COC)c2C#N)ccc1Oc1ccc([N+](=O)[O-])cc1[N+](=O)[O-]. The minimum atomic E-state index is -0.762. The van der Waals surface area contributed by atoms with Crippen LogP contribution in [0, 0.1) is 38.5 Å². The van der Waals surface area contributed by atoms with Gasteiger partial charge in [-0.2, -0.15) is 10.4 Å². The summed E-state index contributed by atoms with van der Waals surface area (Å²) in [5.74, 6) is 0.537. The number of nitriles is 1. The number of pyridine rings is 1. The first-order valence-corrected chi connectivity index (χ1v) is 10.8. The van der Waals surface area contributed by atoms with Crippen LogP contribution in [0.4, 0.5) is 17.2 Å². The van der Waals surface area contributed by atoms with Gasteiger partial charge in [0.1, 0.15) is 11.6 Å². The van der Waals surface area contributed by atoms with Crippen LogP contribution in [0.2, 0.25) is 0 Å². The third-order valence-electron chi connectivity index (χ3n) is 4.86. The molecule has 1 heterocycles. The molecule has 0 unspecified atom stereocenters. The molecule has 13 nitrogen and oxygen atoms in total. The fourth-order valence-corrected chi connectivity index (χ4v) is 3.31. The molecule has 0 bridgehead atoms. The average molecular weight is 506 g/mol. The van der Waals surface area contributed by atoms with E-state index in [-0.39, 0.29) is 36.3 Å². The number of nitrogens with zero attached hydrogens (tertiary/aromatic N) is 5. The van der Waals surface area contributed by atoms with Crippen molar-refractivity contribution in [3.05, 3.63) is 85.1 Å². The van der Waals surface area contributed by atoms with Crippen molar-refractivity contribution in [2.75, 3.05) is 19.1 Å². The average Bonchev–Trinajstić information content (AvgIpc) is 2.85. The number of hydrogen-bond donors (Lipinski definition) is 1. The van der Waals surface area contributed by atoms with Crippen LogP contribution in [0.5, 0.6) is 17.2 Å². The summed E-state index contributed by atoms with van der Waals surface area (Å²) in [4.78, 5) is 25.2. The lowest BCUT2D eigenvalue weighted by molar-refractivity contribution is -0.394. The van der Waals surface area contributed by atoms with Crippen LogP contribution in [-0.4, -0.2) is 34.8 Å². The van der Waals surface area contributed by atoms with E-state index in [0.717, 1.165) is 18.2 Å². The molecule has 37 heavy (non-hydrogen) atoms. The first kappa shape index (κ1) is 26.5. The first-order valence-electron chi connectivity index (χ1n) is 10.8. The largest absolute Gasteiger partial charge is 0.490 e. The third kappa shape index (κ3) is 6.53. The van der Waals surface area contributed by atoms with Crippen LogP contribution in [-0.2, 0) is 11.3 Å². The second-order valence-corrected chi connectivity index (χ2v) is 7.47. The summed E-state index contributed by atoms with van der Waals surface area (Å²) in [7, 11) is 1.53. The summed E-state index contributed by atoms with van der Waals surface area (Å²) < 4.78 is 16.5. The van der Waals surface area contributed by atoms with E-state index in [4.69, 9.17) is 14.2 Å². The Labute approximate surface area is 211 Å². The van der Waals surface area contributed by atoms with E-state index in [2.05, 4.69) is 21.6 Å². The van der Waals surface area contributed by atoms with Crippen LogP contribution in [0.1, 0.15) is 29.3 Å². The van der Waals surface area contributed by atoms with Gasteiger partial charge in [-0.3, -0.25) is 25.7 Å². The molecule has 0 saturated heterocycles. The maximum absolute atomic E-state index is 11.4. The molecule has 0 aliphatic carbocycles. The fraction of sp³-hybridized carbons (Fsp3) is 0.208. The van der Waals surface area contributed by atoms with Crippen molar-refractivity contribution in [3.63, 3.8) is 0 Å². The number of non-ortho nitro benzene ring substituents is 1. The molecule has 190 valence electrons. The number of hydrazone groups is 1. The summed E-state index contributed by atoms with van der Waals surface area (Å²) >= 11 is 0. The first-order chi connectivity index (χ1) is 17.8. The maximum Gasteiger partial charge on any atom is 0.318 e. The summed E-state index contributed by atoms with van der Waals surface area (Å²) in [6.45, 7) is 4.07. The van der Waals surface area contributed by atoms with Crippen LogP contribution in [0.15, 0.2) is 47.6 Å². The van der Waals surface area contributed by atoms with E-state index in [1.54, 1.807) is 32.0 Å². The third-order valence-corrected chi connectivity index (χ3v) is 4.86. The predicted molar refractivity (Wildman–Crippen MR) is 133 cm³/mol. The van der Waals surface area contributed by atoms with Crippen molar-refractivity contribution in [2.24, 2.45) is 5.10 Å². The Bertz CT molecular complexity index is 1400. The van der Waals surface area contributed by atoms with Gasteiger partial charge in [0, 0.05) is 24.4 Å². The zero-order valence-corrected chi connectivity index (χ0v) is 20.1. The summed E-state index contributed by atoms with van der Waals surface area (Å²) in [5, 5.41) is 36.1. The van der Waals surface area contributed by atoms with E-state index in [9.17, 15) is 25.5 Å². The van der Waals surface area contributed by atoms with Crippen molar-refractivity contribution in [2.45, 2.75) is 20.5 Å². The van der Waals surface area contributed by atoms with Gasteiger partial charge in [0.15, 0.2) is 17.3 Å². The molecule has 0 radical (unpaired) electrons.